The summed E-state index contributed by atoms with van der Waals surface area (Å²) in [6.45, 7) is 4.73. The molecule has 0 bridgehead atoms. The number of carbonyl (C=O) groups excluding carboxylic acids is 1. The zero-order valence-electron chi connectivity index (χ0n) is 25.2. The van der Waals surface area contributed by atoms with Crippen LogP contribution in [0, 0.1) is 0 Å². The predicted molar refractivity (Wildman–Crippen MR) is 177 cm³/mol. The number of nitrogens with one attached hydrogen (secondary N) is 1. The lowest BCUT2D eigenvalue weighted by Crippen LogP contribution is -2.32. The fourth-order valence-electron chi connectivity index (χ4n) is 4.81. The lowest BCUT2D eigenvalue weighted by atomic mass is 10.00. The first-order valence-electron chi connectivity index (χ1n) is 14.4. The van der Waals surface area contributed by atoms with E-state index in [1.807, 2.05) is 42.5 Å². The molecule has 9 nitrogen and oxygen atoms in total. The molecule has 0 aliphatic carbocycles. The monoisotopic (exact) mass is 668 g/mol. The normalized spacial score (nSPS) is 14.3. The molecular weight excluding hydrogens is 638 g/mol. The van der Waals surface area contributed by atoms with Gasteiger partial charge in [-0.25, -0.2) is 9.67 Å². The molecule has 2 heterocycles. The predicted octanol–water partition coefficient (Wildman–Crippen LogP) is 6.91. The van der Waals surface area contributed by atoms with Crippen LogP contribution in [0.4, 0.5) is 18.9 Å². The number of anilines is 1. The van der Waals surface area contributed by atoms with Crippen molar-refractivity contribution in [1.82, 2.24) is 20.1 Å². The average Bonchev–Trinajstić information content (AvgIpc) is 3.66. The Morgan fingerprint density at radius 2 is 1.87 bits per heavy atom. The molecule has 1 saturated heterocycles. The Kier molecular flexibility index (Phi) is 10.3. The summed E-state index contributed by atoms with van der Waals surface area (Å²) in [4.78, 5) is 23.5. The van der Waals surface area contributed by atoms with Crippen LogP contribution in [-0.2, 0) is 11.2 Å². The standard InChI is InChI=1S/C32H31F3N6O3S2/c1-20(2)26-14-13-25(43-3)17-27(26)41-28(42)18-46-31(41)38-30(45)36-15-5-7-21-6-4-8-22(16-21)29-37-19-40(39-29)23-9-11-24(12-10-23)44-32(33,34)35/h4,6,8-14,16-17,19-20H,5,7,15,18H2,1-3H3,(H,36,45). The van der Waals surface area contributed by atoms with Crippen molar-refractivity contribution in [1.29, 1.82) is 0 Å². The van der Waals surface area contributed by atoms with Gasteiger partial charge in [0.05, 0.1) is 24.2 Å². The summed E-state index contributed by atoms with van der Waals surface area (Å²) in [6.07, 6.45) is -1.73. The molecule has 5 rings (SSSR count). The molecule has 0 spiro atoms. The molecule has 1 amide bonds. The van der Waals surface area contributed by atoms with Crippen LogP contribution >= 0.6 is 24.0 Å². The zero-order chi connectivity index (χ0) is 32.8. The van der Waals surface area contributed by atoms with Crippen molar-refractivity contribution in [2.45, 2.75) is 39.0 Å². The molecule has 1 aliphatic rings. The first-order chi connectivity index (χ1) is 22.0. The average molecular weight is 669 g/mol. The van der Waals surface area contributed by atoms with Gasteiger partial charge in [-0.15, -0.1) is 18.3 Å². The van der Waals surface area contributed by atoms with Crippen LogP contribution in [0.15, 0.2) is 78.0 Å². The van der Waals surface area contributed by atoms with Gasteiger partial charge < -0.3 is 14.8 Å². The second-order valence-corrected chi connectivity index (χ2v) is 11.9. The van der Waals surface area contributed by atoms with E-state index in [0.29, 0.717) is 34.1 Å². The van der Waals surface area contributed by atoms with Gasteiger partial charge in [0.1, 0.15) is 17.8 Å². The van der Waals surface area contributed by atoms with Gasteiger partial charge in [0.15, 0.2) is 16.1 Å². The van der Waals surface area contributed by atoms with Crippen molar-refractivity contribution in [3.63, 3.8) is 0 Å². The van der Waals surface area contributed by atoms with Gasteiger partial charge in [-0.2, -0.15) is 4.99 Å². The van der Waals surface area contributed by atoms with Crippen molar-refractivity contribution < 1.29 is 27.4 Å². The molecule has 4 aromatic rings. The number of benzene rings is 3. The largest absolute Gasteiger partial charge is 0.573 e. The summed E-state index contributed by atoms with van der Waals surface area (Å²) >= 11 is 6.85. The third-order valence-electron chi connectivity index (χ3n) is 6.99. The van der Waals surface area contributed by atoms with Crippen molar-refractivity contribution in [3.8, 4) is 28.6 Å². The number of rotatable bonds is 10. The number of aromatic nitrogens is 3. The third-order valence-corrected chi connectivity index (χ3v) is 8.15. The van der Waals surface area contributed by atoms with Gasteiger partial charge in [-0.05, 0) is 78.5 Å². The van der Waals surface area contributed by atoms with Gasteiger partial charge in [0.2, 0.25) is 5.91 Å². The second kappa shape index (κ2) is 14.3. The molecule has 1 fully saturated rings. The summed E-state index contributed by atoms with van der Waals surface area (Å²) < 4.78 is 48.2. The van der Waals surface area contributed by atoms with Crippen molar-refractivity contribution in [2.24, 2.45) is 4.99 Å². The quantitative estimate of drug-likeness (QED) is 0.144. The van der Waals surface area contributed by atoms with E-state index in [1.54, 1.807) is 12.0 Å². The van der Waals surface area contributed by atoms with Crippen molar-refractivity contribution in [2.75, 3.05) is 24.3 Å². The summed E-state index contributed by atoms with van der Waals surface area (Å²) in [7, 11) is 1.59. The zero-order valence-corrected chi connectivity index (χ0v) is 26.9. The van der Waals surface area contributed by atoms with Crippen molar-refractivity contribution >= 4 is 45.9 Å². The van der Waals surface area contributed by atoms with E-state index in [-0.39, 0.29) is 23.3 Å². The van der Waals surface area contributed by atoms with E-state index in [4.69, 9.17) is 17.0 Å². The highest BCUT2D eigenvalue weighted by Gasteiger charge is 2.33. The van der Waals surface area contributed by atoms with E-state index in [2.05, 4.69) is 39.0 Å². The molecule has 14 heteroatoms. The first-order valence-corrected chi connectivity index (χ1v) is 15.8. The highest BCUT2D eigenvalue weighted by molar-refractivity contribution is 8.15. The number of hydrogen-bond acceptors (Lipinski definition) is 7. The van der Waals surface area contributed by atoms with Gasteiger partial charge >= 0.3 is 6.36 Å². The third kappa shape index (κ3) is 8.23. The van der Waals surface area contributed by atoms with Crippen LogP contribution in [0.1, 0.15) is 37.3 Å². The van der Waals surface area contributed by atoms with Gasteiger partial charge in [0.25, 0.3) is 0 Å². The molecule has 0 unspecified atom stereocenters. The SMILES string of the molecule is COc1ccc(C(C)C)c(N2C(=O)CSC2=NC(=S)NCCCc2cccc(-c3ncn(-c4ccc(OC(F)(F)F)cc4)n3)c2)c1. The van der Waals surface area contributed by atoms with E-state index in [0.717, 1.165) is 35.2 Å². The number of ether oxygens (including phenoxy) is 2. The molecule has 0 radical (unpaired) electrons. The summed E-state index contributed by atoms with van der Waals surface area (Å²) in [5.41, 5.74) is 4.19. The minimum absolute atomic E-state index is 0.0608. The van der Waals surface area contributed by atoms with Crippen LogP contribution in [0.5, 0.6) is 11.5 Å². The minimum atomic E-state index is -4.75. The second-order valence-electron chi connectivity index (χ2n) is 10.6. The number of amidine groups is 1. The van der Waals surface area contributed by atoms with E-state index in [9.17, 15) is 18.0 Å². The lowest BCUT2D eigenvalue weighted by molar-refractivity contribution is -0.274. The Labute approximate surface area is 273 Å². The molecule has 3 aromatic carbocycles. The fourth-order valence-corrected chi connectivity index (χ4v) is 5.93. The minimum Gasteiger partial charge on any atom is -0.497 e. The Bertz CT molecular complexity index is 1740. The van der Waals surface area contributed by atoms with Crippen molar-refractivity contribution in [3.05, 3.63) is 84.2 Å². The highest BCUT2D eigenvalue weighted by Crippen LogP contribution is 2.36. The number of alkyl halides is 3. The number of hydrogen-bond donors (Lipinski definition) is 1. The van der Waals surface area contributed by atoms with Gasteiger partial charge in [0, 0.05) is 18.2 Å². The Balaban J connectivity index is 1.17. The molecule has 1 aliphatic heterocycles. The molecule has 1 aromatic heterocycles. The number of nitrogens with zero attached hydrogens (tertiary/aromatic N) is 5. The number of thioether (sulfide) groups is 1. The smallest absolute Gasteiger partial charge is 0.497 e. The molecule has 240 valence electrons. The molecular formula is C32H31F3N6O3S2. The van der Waals surface area contributed by atoms with Gasteiger partial charge in [-0.3, -0.25) is 9.69 Å². The number of aryl methyl sites for hydroxylation is 1. The molecule has 0 atom stereocenters. The fraction of sp³-hybridized carbons (Fsp3) is 0.281. The summed E-state index contributed by atoms with van der Waals surface area (Å²) in [6, 6.07) is 18.9. The lowest BCUT2D eigenvalue weighted by Gasteiger charge is -2.22. The number of thiocarbonyl (C=S) groups is 1. The Hall–Kier alpha value is -4.43. The first kappa shape index (κ1) is 32.9. The van der Waals surface area contributed by atoms with Crippen LogP contribution in [0.25, 0.3) is 17.1 Å². The number of amides is 1. The molecule has 46 heavy (non-hydrogen) atoms. The maximum atomic E-state index is 12.9. The van der Waals surface area contributed by atoms with E-state index in [1.165, 1.54) is 47.0 Å². The number of methoxy groups -OCH3 is 1. The Morgan fingerprint density at radius 1 is 1.11 bits per heavy atom. The highest BCUT2D eigenvalue weighted by atomic mass is 32.2. The summed E-state index contributed by atoms with van der Waals surface area (Å²) in [5.74, 6) is 1.24. The van der Waals surface area contributed by atoms with E-state index >= 15 is 0 Å². The van der Waals surface area contributed by atoms with Crippen LogP contribution in [-0.4, -0.2) is 56.7 Å². The number of aliphatic imine (C=N–C) groups is 1. The number of carbonyl (C=O) groups is 1. The van der Waals surface area contributed by atoms with Gasteiger partial charge in [-0.1, -0.05) is 49.9 Å². The molecule has 0 saturated carbocycles. The van der Waals surface area contributed by atoms with Crippen LogP contribution in [0.3, 0.4) is 0 Å². The molecule has 1 N–H and O–H groups in total. The van der Waals surface area contributed by atoms with Crippen LogP contribution < -0.4 is 19.7 Å². The summed E-state index contributed by atoms with van der Waals surface area (Å²) in [5, 5.41) is 8.50. The topological polar surface area (TPSA) is 93.9 Å². The maximum absolute atomic E-state index is 12.9. The van der Waals surface area contributed by atoms with Crippen LogP contribution in [0.2, 0.25) is 0 Å². The number of halogens is 3. The van der Waals surface area contributed by atoms with E-state index < -0.39 is 6.36 Å². The maximum Gasteiger partial charge on any atom is 0.573 e. The Morgan fingerprint density at radius 3 is 2.59 bits per heavy atom.